The molecule has 0 amide bonds. The standard InChI is InChI=1S/C18H31N5O2S/c1-3-7-21-8-4-9-22(13-12-21)18-6-5-17(16-19-18)26(24,25)23-14-10-20(2)11-15-23/h5-6,16H,3-4,7-15H2,1-2H3. The maximum Gasteiger partial charge on any atom is 0.244 e. The van der Waals surface area contributed by atoms with Crippen molar-refractivity contribution in [1.29, 1.82) is 0 Å². The smallest absolute Gasteiger partial charge is 0.244 e. The van der Waals surface area contributed by atoms with Gasteiger partial charge in [0.2, 0.25) is 10.0 Å². The molecule has 8 heteroatoms. The minimum atomic E-state index is -3.44. The van der Waals surface area contributed by atoms with Gasteiger partial charge in [-0.05, 0) is 45.1 Å². The van der Waals surface area contributed by atoms with Crippen molar-refractivity contribution in [3.8, 4) is 0 Å². The van der Waals surface area contributed by atoms with Gasteiger partial charge < -0.3 is 14.7 Å². The fourth-order valence-corrected chi connectivity index (χ4v) is 5.00. The number of likely N-dealkylation sites (N-methyl/N-ethyl adjacent to an activating group) is 1. The second-order valence-electron chi connectivity index (χ2n) is 7.24. The average molecular weight is 382 g/mol. The number of aromatic nitrogens is 1. The quantitative estimate of drug-likeness (QED) is 0.757. The van der Waals surface area contributed by atoms with Crippen molar-refractivity contribution in [3.05, 3.63) is 18.3 Å². The summed E-state index contributed by atoms with van der Waals surface area (Å²) in [6.07, 6.45) is 3.82. The molecule has 2 fully saturated rings. The first-order valence-electron chi connectivity index (χ1n) is 9.63. The molecule has 2 aliphatic rings. The molecule has 0 saturated carbocycles. The van der Waals surface area contributed by atoms with Gasteiger partial charge in [0.25, 0.3) is 0 Å². The van der Waals surface area contributed by atoms with Gasteiger partial charge in [-0.1, -0.05) is 6.92 Å². The second-order valence-corrected chi connectivity index (χ2v) is 9.18. The summed E-state index contributed by atoms with van der Waals surface area (Å²) in [5.41, 5.74) is 0. The van der Waals surface area contributed by atoms with E-state index in [1.165, 1.54) is 12.6 Å². The highest BCUT2D eigenvalue weighted by atomic mass is 32.2. The number of hydrogen-bond donors (Lipinski definition) is 0. The van der Waals surface area contributed by atoms with Crippen molar-refractivity contribution < 1.29 is 8.42 Å². The predicted molar refractivity (Wildman–Crippen MR) is 104 cm³/mol. The molecule has 0 bridgehead atoms. The molecule has 26 heavy (non-hydrogen) atoms. The van der Waals surface area contributed by atoms with Crippen molar-refractivity contribution in [1.82, 2.24) is 19.1 Å². The molecule has 0 spiro atoms. The van der Waals surface area contributed by atoms with Crippen LogP contribution in [0.2, 0.25) is 0 Å². The van der Waals surface area contributed by atoms with E-state index in [4.69, 9.17) is 0 Å². The molecule has 0 radical (unpaired) electrons. The zero-order chi connectivity index (χ0) is 18.6. The maximum absolute atomic E-state index is 12.8. The molecule has 2 saturated heterocycles. The topological polar surface area (TPSA) is 60.0 Å². The van der Waals surface area contributed by atoms with Gasteiger partial charge in [0.1, 0.15) is 10.7 Å². The highest BCUT2D eigenvalue weighted by molar-refractivity contribution is 7.89. The Hall–Kier alpha value is -1.22. The molecule has 0 unspecified atom stereocenters. The molecule has 3 heterocycles. The molecule has 0 N–H and O–H groups in total. The van der Waals surface area contributed by atoms with E-state index >= 15 is 0 Å². The van der Waals surface area contributed by atoms with Crippen molar-refractivity contribution in [2.24, 2.45) is 0 Å². The van der Waals surface area contributed by atoms with Gasteiger partial charge >= 0.3 is 0 Å². The van der Waals surface area contributed by atoms with Crippen LogP contribution in [-0.4, -0.2) is 93.5 Å². The summed E-state index contributed by atoms with van der Waals surface area (Å²) < 4.78 is 27.2. The van der Waals surface area contributed by atoms with Crippen LogP contribution in [0.4, 0.5) is 5.82 Å². The van der Waals surface area contributed by atoms with Crippen LogP contribution in [0.25, 0.3) is 0 Å². The highest BCUT2D eigenvalue weighted by Crippen LogP contribution is 2.20. The van der Waals surface area contributed by atoms with Crippen molar-refractivity contribution >= 4 is 15.8 Å². The van der Waals surface area contributed by atoms with E-state index < -0.39 is 10.0 Å². The first kappa shape index (κ1) is 19.5. The maximum atomic E-state index is 12.8. The van der Waals surface area contributed by atoms with E-state index in [-0.39, 0.29) is 0 Å². The van der Waals surface area contributed by atoms with Gasteiger partial charge in [0, 0.05) is 52.0 Å². The van der Waals surface area contributed by atoms with Gasteiger partial charge in [0.15, 0.2) is 0 Å². The van der Waals surface area contributed by atoms with Crippen LogP contribution in [0.1, 0.15) is 19.8 Å². The average Bonchev–Trinajstić information content (AvgIpc) is 2.88. The van der Waals surface area contributed by atoms with Gasteiger partial charge in [-0.15, -0.1) is 0 Å². The zero-order valence-corrected chi connectivity index (χ0v) is 16.8. The largest absolute Gasteiger partial charge is 0.355 e. The first-order chi connectivity index (χ1) is 12.5. The number of rotatable bonds is 5. The lowest BCUT2D eigenvalue weighted by molar-refractivity contribution is 0.222. The fourth-order valence-electron chi connectivity index (χ4n) is 3.63. The Balaban J connectivity index is 1.66. The molecule has 7 nitrogen and oxygen atoms in total. The molecule has 1 aromatic rings. The third kappa shape index (κ3) is 4.54. The van der Waals surface area contributed by atoms with Crippen LogP contribution >= 0.6 is 0 Å². The molecule has 0 atom stereocenters. The third-order valence-corrected chi connectivity index (χ3v) is 7.16. The Kier molecular flexibility index (Phi) is 6.50. The second kappa shape index (κ2) is 8.65. The summed E-state index contributed by atoms with van der Waals surface area (Å²) in [5, 5.41) is 0. The lowest BCUT2D eigenvalue weighted by Crippen LogP contribution is -2.47. The summed E-state index contributed by atoms with van der Waals surface area (Å²) in [6.45, 7) is 10.1. The lowest BCUT2D eigenvalue weighted by atomic mass is 10.3. The Labute approximate surface area is 157 Å². The number of pyridine rings is 1. The van der Waals surface area contributed by atoms with Crippen molar-refractivity contribution in [3.63, 3.8) is 0 Å². The Morgan fingerprint density at radius 3 is 2.42 bits per heavy atom. The fraction of sp³-hybridized carbons (Fsp3) is 0.722. The Morgan fingerprint density at radius 2 is 1.77 bits per heavy atom. The van der Waals surface area contributed by atoms with E-state index in [0.717, 1.165) is 58.1 Å². The monoisotopic (exact) mass is 381 g/mol. The van der Waals surface area contributed by atoms with E-state index in [1.807, 2.05) is 13.1 Å². The van der Waals surface area contributed by atoms with Crippen molar-refractivity contribution in [2.75, 3.05) is 70.9 Å². The van der Waals surface area contributed by atoms with Gasteiger partial charge in [-0.2, -0.15) is 4.31 Å². The SMILES string of the molecule is CCCN1CCCN(c2ccc(S(=O)(=O)N3CCN(C)CC3)cn2)CC1. The van der Waals surface area contributed by atoms with E-state index in [1.54, 1.807) is 10.4 Å². The normalized spacial score (nSPS) is 21.7. The molecule has 146 valence electrons. The summed E-state index contributed by atoms with van der Waals surface area (Å²) >= 11 is 0. The first-order valence-corrected chi connectivity index (χ1v) is 11.1. The highest BCUT2D eigenvalue weighted by Gasteiger charge is 2.28. The van der Waals surface area contributed by atoms with Crippen LogP contribution in [-0.2, 0) is 10.0 Å². The molecule has 0 aliphatic carbocycles. The van der Waals surface area contributed by atoms with Gasteiger partial charge in [0.05, 0.1) is 0 Å². The molecule has 2 aliphatic heterocycles. The van der Waals surface area contributed by atoms with Crippen molar-refractivity contribution in [2.45, 2.75) is 24.7 Å². The predicted octanol–water partition coefficient (Wildman–Crippen LogP) is 0.940. The van der Waals surface area contributed by atoms with Crippen LogP contribution in [0.5, 0.6) is 0 Å². The van der Waals surface area contributed by atoms with Gasteiger partial charge in [-0.3, -0.25) is 0 Å². The zero-order valence-electron chi connectivity index (χ0n) is 16.0. The summed E-state index contributed by atoms with van der Waals surface area (Å²) in [5.74, 6) is 0.876. The van der Waals surface area contributed by atoms with E-state index in [0.29, 0.717) is 18.0 Å². The van der Waals surface area contributed by atoms with Crippen LogP contribution < -0.4 is 4.90 Å². The van der Waals surface area contributed by atoms with Crippen LogP contribution in [0.3, 0.4) is 0 Å². The number of nitrogens with zero attached hydrogens (tertiary/aromatic N) is 5. The molecular formula is C18H31N5O2S. The number of hydrogen-bond acceptors (Lipinski definition) is 6. The lowest BCUT2D eigenvalue weighted by Gasteiger charge is -2.31. The summed E-state index contributed by atoms with van der Waals surface area (Å²) in [4.78, 5) is 11.7. The van der Waals surface area contributed by atoms with E-state index in [9.17, 15) is 8.42 Å². The minimum Gasteiger partial charge on any atom is -0.355 e. The number of anilines is 1. The number of piperazine rings is 1. The molecule has 3 rings (SSSR count). The Morgan fingerprint density at radius 1 is 1.00 bits per heavy atom. The summed E-state index contributed by atoms with van der Waals surface area (Å²) in [6, 6.07) is 3.57. The van der Waals surface area contributed by atoms with Crippen LogP contribution in [0, 0.1) is 0 Å². The number of sulfonamides is 1. The molecule has 1 aromatic heterocycles. The van der Waals surface area contributed by atoms with Crippen LogP contribution in [0.15, 0.2) is 23.2 Å². The minimum absolute atomic E-state index is 0.299. The molecule has 0 aromatic carbocycles. The third-order valence-electron chi connectivity index (χ3n) is 5.27. The van der Waals surface area contributed by atoms with Gasteiger partial charge in [-0.25, -0.2) is 13.4 Å². The molecular weight excluding hydrogens is 350 g/mol. The van der Waals surface area contributed by atoms with E-state index in [2.05, 4.69) is 26.6 Å². The Bertz CT molecular complexity index is 671. The summed E-state index contributed by atoms with van der Waals surface area (Å²) in [7, 11) is -1.42.